The number of halogens is 5. The zero-order valence-electron chi connectivity index (χ0n) is 12.1. The van der Waals surface area contributed by atoms with Crippen LogP contribution in [-0.4, -0.2) is 61.2 Å². The molecular formula is C14H15Cl2F3N2O2. The van der Waals surface area contributed by atoms with Gasteiger partial charge in [-0.25, -0.2) is 0 Å². The fraction of sp³-hybridized carbons (Fsp3) is 0.500. The van der Waals surface area contributed by atoms with E-state index >= 15 is 0 Å². The monoisotopic (exact) mass is 370 g/mol. The van der Waals surface area contributed by atoms with E-state index in [1.54, 1.807) is 12.1 Å². The van der Waals surface area contributed by atoms with E-state index in [2.05, 4.69) is 0 Å². The zero-order valence-corrected chi connectivity index (χ0v) is 13.6. The van der Waals surface area contributed by atoms with Crippen LogP contribution < -0.4 is 4.74 Å². The number of benzene rings is 1. The normalized spacial score (nSPS) is 16.5. The maximum absolute atomic E-state index is 12.3. The van der Waals surface area contributed by atoms with Crippen molar-refractivity contribution in [1.29, 1.82) is 0 Å². The van der Waals surface area contributed by atoms with Crippen molar-refractivity contribution in [2.45, 2.75) is 6.18 Å². The second-order valence-electron chi connectivity index (χ2n) is 5.14. The summed E-state index contributed by atoms with van der Waals surface area (Å²) in [4.78, 5) is 14.8. The minimum absolute atomic E-state index is 0.187. The van der Waals surface area contributed by atoms with Gasteiger partial charge in [0.15, 0.2) is 6.61 Å². The van der Waals surface area contributed by atoms with E-state index in [0.717, 1.165) is 0 Å². The first-order chi connectivity index (χ1) is 10.7. The van der Waals surface area contributed by atoms with Gasteiger partial charge >= 0.3 is 6.18 Å². The summed E-state index contributed by atoms with van der Waals surface area (Å²) in [6.45, 7) is -0.314. The molecule has 0 aromatic heterocycles. The zero-order chi connectivity index (χ0) is 17.0. The first-order valence-corrected chi connectivity index (χ1v) is 7.65. The second kappa shape index (κ2) is 7.59. The maximum atomic E-state index is 12.3. The van der Waals surface area contributed by atoms with Gasteiger partial charge in [-0.05, 0) is 18.2 Å². The van der Waals surface area contributed by atoms with Crippen molar-refractivity contribution in [1.82, 2.24) is 9.80 Å². The van der Waals surface area contributed by atoms with Crippen molar-refractivity contribution in [3.05, 3.63) is 28.2 Å². The Hall–Kier alpha value is -1.18. The largest absolute Gasteiger partial charge is 0.482 e. The smallest absolute Gasteiger partial charge is 0.401 e. The summed E-state index contributed by atoms with van der Waals surface area (Å²) < 4.78 is 42.3. The lowest BCUT2D eigenvalue weighted by Crippen LogP contribution is -2.51. The molecule has 0 atom stereocenters. The topological polar surface area (TPSA) is 32.8 Å². The lowest BCUT2D eigenvalue weighted by Gasteiger charge is -2.34. The van der Waals surface area contributed by atoms with Gasteiger partial charge in [0, 0.05) is 31.2 Å². The predicted molar refractivity (Wildman–Crippen MR) is 81.0 cm³/mol. The predicted octanol–water partition coefficient (Wildman–Crippen LogP) is 3.08. The number of hydrogen-bond donors (Lipinski definition) is 0. The average molecular weight is 371 g/mol. The number of hydrogen-bond acceptors (Lipinski definition) is 3. The van der Waals surface area contributed by atoms with E-state index in [-0.39, 0.29) is 38.7 Å². The summed E-state index contributed by atoms with van der Waals surface area (Å²) in [7, 11) is 0. The Morgan fingerprint density at radius 1 is 1.17 bits per heavy atom. The fourth-order valence-electron chi connectivity index (χ4n) is 2.23. The third kappa shape index (κ3) is 5.75. The van der Waals surface area contributed by atoms with Gasteiger partial charge < -0.3 is 9.64 Å². The van der Waals surface area contributed by atoms with Gasteiger partial charge in [0.05, 0.1) is 11.6 Å². The molecule has 0 spiro atoms. The van der Waals surface area contributed by atoms with Crippen LogP contribution in [0.25, 0.3) is 0 Å². The minimum Gasteiger partial charge on any atom is -0.482 e. The molecule has 23 heavy (non-hydrogen) atoms. The number of alkyl halides is 3. The average Bonchev–Trinajstić information content (AvgIpc) is 2.45. The van der Waals surface area contributed by atoms with Gasteiger partial charge in [-0.1, -0.05) is 23.2 Å². The quantitative estimate of drug-likeness (QED) is 0.816. The van der Waals surface area contributed by atoms with Gasteiger partial charge in [-0.3, -0.25) is 9.69 Å². The molecule has 1 heterocycles. The SMILES string of the molecule is O=C(COc1ccc(Cl)cc1Cl)N1CCN(CC(F)(F)F)CC1. The van der Waals surface area contributed by atoms with Crippen molar-refractivity contribution >= 4 is 29.1 Å². The highest BCUT2D eigenvalue weighted by atomic mass is 35.5. The summed E-state index contributed by atoms with van der Waals surface area (Å²) in [6, 6.07) is 4.64. The molecular weight excluding hydrogens is 356 g/mol. The molecule has 9 heteroatoms. The molecule has 0 saturated carbocycles. The summed E-state index contributed by atoms with van der Waals surface area (Å²) in [6.07, 6.45) is -4.22. The Morgan fingerprint density at radius 3 is 2.39 bits per heavy atom. The van der Waals surface area contributed by atoms with E-state index < -0.39 is 12.7 Å². The van der Waals surface area contributed by atoms with E-state index in [9.17, 15) is 18.0 Å². The number of nitrogens with zero attached hydrogens (tertiary/aromatic N) is 2. The summed E-state index contributed by atoms with van der Waals surface area (Å²) in [5, 5.41) is 0.745. The Morgan fingerprint density at radius 2 is 1.83 bits per heavy atom. The Balaban J connectivity index is 1.79. The standard InChI is InChI=1S/C14H15Cl2F3N2O2/c15-10-1-2-12(11(16)7-10)23-8-13(22)21-5-3-20(4-6-21)9-14(17,18)19/h1-2,7H,3-6,8-9H2. The van der Waals surface area contributed by atoms with Gasteiger partial charge in [-0.15, -0.1) is 0 Å². The van der Waals surface area contributed by atoms with Crippen molar-refractivity contribution in [3.8, 4) is 5.75 Å². The molecule has 128 valence electrons. The highest BCUT2D eigenvalue weighted by Crippen LogP contribution is 2.27. The van der Waals surface area contributed by atoms with Gasteiger partial charge in [0.2, 0.25) is 0 Å². The van der Waals surface area contributed by atoms with E-state index in [1.165, 1.54) is 15.9 Å². The van der Waals surface area contributed by atoms with Crippen LogP contribution in [0.1, 0.15) is 0 Å². The molecule has 1 saturated heterocycles. The minimum atomic E-state index is -4.22. The lowest BCUT2D eigenvalue weighted by atomic mass is 10.3. The van der Waals surface area contributed by atoms with Crippen molar-refractivity contribution < 1.29 is 22.7 Å². The van der Waals surface area contributed by atoms with Crippen LogP contribution >= 0.6 is 23.2 Å². The number of ether oxygens (including phenoxy) is 1. The fourth-order valence-corrected chi connectivity index (χ4v) is 2.70. The highest BCUT2D eigenvalue weighted by Gasteiger charge is 2.32. The van der Waals surface area contributed by atoms with Crippen LogP contribution in [0.15, 0.2) is 18.2 Å². The molecule has 1 amide bonds. The molecule has 0 bridgehead atoms. The van der Waals surface area contributed by atoms with Gasteiger partial charge in [0.1, 0.15) is 5.75 Å². The summed E-state index contributed by atoms with van der Waals surface area (Å²) >= 11 is 11.7. The molecule has 4 nitrogen and oxygen atoms in total. The van der Waals surface area contributed by atoms with Crippen LogP contribution in [0.3, 0.4) is 0 Å². The van der Waals surface area contributed by atoms with Crippen LogP contribution in [0.5, 0.6) is 5.75 Å². The molecule has 0 aliphatic carbocycles. The first-order valence-electron chi connectivity index (χ1n) is 6.89. The third-order valence-electron chi connectivity index (χ3n) is 3.37. The lowest BCUT2D eigenvalue weighted by molar-refractivity contribution is -0.152. The molecule has 1 aromatic rings. The maximum Gasteiger partial charge on any atom is 0.401 e. The molecule has 0 N–H and O–H groups in total. The Kier molecular flexibility index (Phi) is 6.00. The van der Waals surface area contributed by atoms with Crippen LogP contribution in [0.4, 0.5) is 13.2 Å². The van der Waals surface area contributed by atoms with Crippen LogP contribution in [0, 0.1) is 0 Å². The number of piperazine rings is 1. The van der Waals surface area contributed by atoms with E-state index in [4.69, 9.17) is 27.9 Å². The van der Waals surface area contributed by atoms with Crippen LogP contribution in [-0.2, 0) is 4.79 Å². The van der Waals surface area contributed by atoms with Gasteiger partial charge in [0.25, 0.3) is 5.91 Å². The number of rotatable bonds is 4. The summed E-state index contributed by atoms with van der Waals surface area (Å²) in [5.41, 5.74) is 0. The number of carbonyl (C=O) groups is 1. The second-order valence-corrected chi connectivity index (χ2v) is 5.98. The van der Waals surface area contributed by atoms with E-state index in [0.29, 0.717) is 15.8 Å². The first kappa shape index (κ1) is 18.2. The van der Waals surface area contributed by atoms with Gasteiger partial charge in [-0.2, -0.15) is 13.2 Å². The molecule has 1 aromatic carbocycles. The van der Waals surface area contributed by atoms with Crippen molar-refractivity contribution in [2.75, 3.05) is 39.3 Å². The molecule has 1 aliphatic rings. The van der Waals surface area contributed by atoms with Crippen molar-refractivity contribution in [3.63, 3.8) is 0 Å². The Bertz CT molecular complexity index is 561. The van der Waals surface area contributed by atoms with Crippen molar-refractivity contribution in [2.24, 2.45) is 0 Å². The highest BCUT2D eigenvalue weighted by molar-refractivity contribution is 6.35. The molecule has 1 aliphatic heterocycles. The van der Waals surface area contributed by atoms with E-state index in [1.807, 2.05) is 0 Å². The molecule has 1 fully saturated rings. The number of amides is 1. The van der Waals surface area contributed by atoms with Crippen LogP contribution in [0.2, 0.25) is 10.0 Å². The molecule has 0 unspecified atom stereocenters. The Labute approximate surface area is 141 Å². The molecule has 0 radical (unpaired) electrons. The summed E-state index contributed by atoms with van der Waals surface area (Å²) in [5.74, 6) is 0.0443. The third-order valence-corrected chi connectivity index (χ3v) is 3.90. The number of carbonyl (C=O) groups excluding carboxylic acids is 1. The molecule has 2 rings (SSSR count).